The van der Waals surface area contributed by atoms with Gasteiger partial charge in [0, 0.05) is 21.8 Å². The number of carbonyl (C=O) groups excluding carboxylic acids is 1. The van der Waals surface area contributed by atoms with Crippen LogP contribution in [-0.4, -0.2) is 10.9 Å². The number of amides is 1. The molecule has 0 saturated carbocycles. The average molecular weight is 345 g/mol. The third-order valence-electron chi connectivity index (χ3n) is 2.61. The Labute approximate surface area is 120 Å². The summed E-state index contributed by atoms with van der Waals surface area (Å²) < 4.78 is 38.6. The highest BCUT2D eigenvalue weighted by molar-refractivity contribution is 9.10. The molecule has 1 aromatic heterocycles. The van der Waals surface area contributed by atoms with Crippen molar-refractivity contribution in [1.29, 1.82) is 0 Å². The molecule has 2 rings (SSSR count). The third-order valence-corrected chi connectivity index (χ3v) is 3.31. The molecule has 0 spiro atoms. The van der Waals surface area contributed by atoms with Gasteiger partial charge in [-0.1, -0.05) is 15.9 Å². The smallest absolute Gasteiger partial charge is 0.366 e. The molecule has 0 radical (unpaired) electrons. The summed E-state index contributed by atoms with van der Waals surface area (Å²) in [5.74, 6) is -0.670. The second-order valence-corrected chi connectivity index (χ2v) is 4.84. The third kappa shape index (κ3) is 2.98. The first-order valence-electron chi connectivity index (χ1n) is 5.42. The number of nitrogens with two attached hydrogens (primary N) is 1. The van der Waals surface area contributed by atoms with E-state index >= 15 is 0 Å². The number of halogens is 4. The van der Waals surface area contributed by atoms with E-state index in [9.17, 15) is 18.0 Å². The van der Waals surface area contributed by atoms with Crippen LogP contribution in [0.1, 0.15) is 15.9 Å². The summed E-state index contributed by atoms with van der Waals surface area (Å²) in [7, 11) is 0. The second-order valence-electron chi connectivity index (χ2n) is 3.99. The highest BCUT2D eigenvalue weighted by Gasteiger charge is 2.31. The lowest BCUT2D eigenvalue weighted by molar-refractivity contribution is -0.137. The fourth-order valence-corrected chi connectivity index (χ4v) is 2.08. The molecule has 2 aromatic rings. The van der Waals surface area contributed by atoms with Crippen LogP contribution in [0.4, 0.5) is 13.2 Å². The number of alkyl halides is 3. The Bertz CT molecular complexity index is 671. The van der Waals surface area contributed by atoms with Gasteiger partial charge in [-0.05, 0) is 30.3 Å². The Balaban J connectivity index is 2.57. The maximum absolute atomic E-state index is 12.7. The molecule has 0 saturated heterocycles. The fraction of sp³-hybridized carbons (Fsp3) is 0.0769. The van der Waals surface area contributed by atoms with E-state index in [-0.39, 0.29) is 16.8 Å². The molecule has 0 aliphatic rings. The van der Waals surface area contributed by atoms with Crippen molar-refractivity contribution < 1.29 is 18.0 Å². The van der Waals surface area contributed by atoms with Crippen LogP contribution in [0.25, 0.3) is 11.3 Å². The van der Waals surface area contributed by atoms with Gasteiger partial charge in [0.1, 0.15) is 0 Å². The van der Waals surface area contributed by atoms with Crippen molar-refractivity contribution in [3.05, 3.63) is 52.1 Å². The van der Waals surface area contributed by atoms with Gasteiger partial charge >= 0.3 is 6.18 Å². The zero-order valence-corrected chi connectivity index (χ0v) is 11.5. The minimum Gasteiger partial charge on any atom is -0.366 e. The summed E-state index contributed by atoms with van der Waals surface area (Å²) in [6.45, 7) is 0. The van der Waals surface area contributed by atoms with Crippen LogP contribution in [0.5, 0.6) is 0 Å². The zero-order valence-electron chi connectivity index (χ0n) is 9.91. The zero-order chi connectivity index (χ0) is 14.9. The van der Waals surface area contributed by atoms with E-state index in [1.54, 1.807) is 0 Å². The molecule has 2 N–H and O–H groups in total. The summed E-state index contributed by atoms with van der Waals surface area (Å²) in [5, 5.41) is 0. The van der Waals surface area contributed by atoms with Crippen molar-refractivity contribution in [3.63, 3.8) is 0 Å². The van der Waals surface area contributed by atoms with Crippen molar-refractivity contribution in [1.82, 2.24) is 4.98 Å². The van der Waals surface area contributed by atoms with Crippen LogP contribution < -0.4 is 5.73 Å². The van der Waals surface area contributed by atoms with E-state index < -0.39 is 17.6 Å². The number of rotatable bonds is 2. The lowest BCUT2D eigenvalue weighted by Gasteiger charge is -2.10. The fourth-order valence-electron chi connectivity index (χ4n) is 1.63. The number of carbonyl (C=O) groups is 1. The lowest BCUT2D eigenvalue weighted by atomic mass is 10.1. The maximum atomic E-state index is 12.7. The summed E-state index contributed by atoms with van der Waals surface area (Å²) >= 11 is 3.17. The second kappa shape index (κ2) is 5.24. The van der Waals surface area contributed by atoms with Crippen LogP contribution in [-0.2, 0) is 6.18 Å². The first-order chi connectivity index (χ1) is 9.29. The van der Waals surface area contributed by atoms with Crippen LogP contribution in [0, 0.1) is 0 Å². The van der Waals surface area contributed by atoms with Crippen molar-refractivity contribution in [2.24, 2.45) is 5.73 Å². The minimum absolute atomic E-state index is 0.180. The summed E-state index contributed by atoms with van der Waals surface area (Å²) in [5.41, 5.74) is 5.00. The molecule has 1 heterocycles. The maximum Gasteiger partial charge on any atom is 0.416 e. The van der Waals surface area contributed by atoms with Crippen molar-refractivity contribution in [2.45, 2.75) is 6.18 Å². The van der Waals surface area contributed by atoms with Gasteiger partial charge < -0.3 is 5.73 Å². The Morgan fingerprint density at radius 3 is 2.50 bits per heavy atom. The number of nitrogens with zero attached hydrogens (tertiary/aromatic N) is 1. The molecule has 0 unspecified atom stereocenters. The van der Waals surface area contributed by atoms with Crippen molar-refractivity contribution >= 4 is 21.8 Å². The molecule has 0 aliphatic heterocycles. The first-order valence-corrected chi connectivity index (χ1v) is 6.21. The topological polar surface area (TPSA) is 56.0 Å². The standard InChI is InChI=1S/C13H8BrF3N2O/c14-10-2-1-8(13(15,16)17)6-9(10)11-5-7(12(18)20)3-4-19-11/h1-6H,(H2,18,20). The van der Waals surface area contributed by atoms with E-state index in [0.29, 0.717) is 4.47 Å². The first kappa shape index (κ1) is 14.5. The van der Waals surface area contributed by atoms with E-state index in [4.69, 9.17) is 5.73 Å². The normalized spacial score (nSPS) is 11.4. The van der Waals surface area contributed by atoms with Crippen LogP contribution in [0.2, 0.25) is 0 Å². The molecular weight excluding hydrogens is 337 g/mol. The SMILES string of the molecule is NC(=O)c1ccnc(-c2cc(C(F)(F)F)ccc2Br)c1. The van der Waals surface area contributed by atoms with Gasteiger partial charge in [0.25, 0.3) is 0 Å². The molecule has 3 nitrogen and oxygen atoms in total. The van der Waals surface area contributed by atoms with Crippen LogP contribution >= 0.6 is 15.9 Å². The van der Waals surface area contributed by atoms with E-state index in [1.807, 2.05) is 0 Å². The Kier molecular flexibility index (Phi) is 3.80. The van der Waals surface area contributed by atoms with Crippen LogP contribution in [0.15, 0.2) is 41.0 Å². The highest BCUT2D eigenvalue weighted by atomic mass is 79.9. The Hall–Kier alpha value is -1.89. The van der Waals surface area contributed by atoms with E-state index in [0.717, 1.165) is 12.1 Å². The van der Waals surface area contributed by atoms with Gasteiger partial charge in [-0.3, -0.25) is 9.78 Å². The van der Waals surface area contributed by atoms with E-state index in [1.165, 1.54) is 24.4 Å². The number of pyridine rings is 1. The number of primary amides is 1. The predicted molar refractivity (Wildman–Crippen MR) is 70.9 cm³/mol. The molecule has 0 bridgehead atoms. The Morgan fingerprint density at radius 1 is 1.20 bits per heavy atom. The number of aromatic nitrogens is 1. The van der Waals surface area contributed by atoms with E-state index in [2.05, 4.69) is 20.9 Å². The lowest BCUT2D eigenvalue weighted by Crippen LogP contribution is -2.11. The molecular formula is C13H8BrF3N2O. The average Bonchev–Trinajstić information content (AvgIpc) is 2.38. The van der Waals surface area contributed by atoms with Gasteiger partial charge in [0.05, 0.1) is 11.3 Å². The predicted octanol–water partition coefficient (Wildman–Crippen LogP) is 3.63. The molecule has 0 aliphatic carbocycles. The molecule has 104 valence electrons. The van der Waals surface area contributed by atoms with Crippen molar-refractivity contribution in [3.8, 4) is 11.3 Å². The number of benzene rings is 1. The van der Waals surface area contributed by atoms with Crippen molar-refractivity contribution in [2.75, 3.05) is 0 Å². The minimum atomic E-state index is -4.45. The molecule has 0 fully saturated rings. The highest BCUT2D eigenvalue weighted by Crippen LogP contribution is 2.35. The molecule has 1 aromatic carbocycles. The largest absolute Gasteiger partial charge is 0.416 e. The number of hydrogen-bond donors (Lipinski definition) is 1. The van der Waals surface area contributed by atoms with Gasteiger partial charge in [-0.25, -0.2) is 0 Å². The molecule has 7 heteroatoms. The summed E-state index contributed by atoms with van der Waals surface area (Å²) in [6, 6.07) is 5.97. The quantitative estimate of drug-likeness (QED) is 0.904. The monoisotopic (exact) mass is 344 g/mol. The number of hydrogen-bond acceptors (Lipinski definition) is 2. The molecule has 20 heavy (non-hydrogen) atoms. The van der Waals surface area contributed by atoms with Gasteiger partial charge in [0.15, 0.2) is 0 Å². The molecule has 1 amide bonds. The van der Waals surface area contributed by atoms with Gasteiger partial charge in [-0.2, -0.15) is 13.2 Å². The van der Waals surface area contributed by atoms with Crippen LogP contribution in [0.3, 0.4) is 0 Å². The summed E-state index contributed by atoms with van der Waals surface area (Å²) in [6.07, 6.45) is -3.13. The molecule has 0 atom stereocenters. The van der Waals surface area contributed by atoms with Gasteiger partial charge in [-0.15, -0.1) is 0 Å². The summed E-state index contributed by atoms with van der Waals surface area (Å²) in [4.78, 5) is 15.1. The Morgan fingerprint density at radius 2 is 1.90 bits per heavy atom. The van der Waals surface area contributed by atoms with Gasteiger partial charge in [0.2, 0.25) is 5.91 Å².